The molecule has 146 valence electrons. The largest absolute Gasteiger partial charge is 0.324 e. The molecule has 28 heavy (non-hydrogen) atoms. The molecule has 0 spiro atoms. The minimum absolute atomic E-state index is 0.546. The first-order valence-corrected chi connectivity index (χ1v) is 10.9. The van der Waals surface area contributed by atoms with Crippen molar-refractivity contribution in [1.29, 1.82) is 0 Å². The van der Waals surface area contributed by atoms with Gasteiger partial charge in [-0.25, -0.2) is 18.4 Å². The molecule has 7 heteroatoms. The lowest BCUT2D eigenvalue weighted by molar-refractivity contribution is 0.600. The molecule has 1 N–H and O–H groups in total. The number of aryl methyl sites for hydroxylation is 3. The van der Waals surface area contributed by atoms with Crippen LogP contribution in [-0.2, 0) is 22.9 Å². The highest BCUT2D eigenvalue weighted by molar-refractivity contribution is 7.92. The van der Waals surface area contributed by atoms with Crippen LogP contribution in [0.5, 0.6) is 0 Å². The van der Waals surface area contributed by atoms with E-state index in [1.165, 1.54) is 10.6 Å². The number of nitrogens with zero attached hydrogens (tertiary/aromatic N) is 3. The lowest BCUT2D eigenvalue weighted by Crippen LogP contribution is -2.26. The number of hydrogen-bond acceptors (Lipinski definition) is 5. The Labute approximate surface area is 166 Å². The summed E-state index contributed by atoms with van der Waals surface area (Å²) in [6.07, 6.45) is 4.29. The molecule has 0 radical (unpaired) electrons. The average molecular weight is 397 g/mol. The van der Waals surface area contributed by atoms with Gasteiger partial charge in [-0.05, 0) is 55.2 Å². The predicted molar refractivity (Wildman–Crippen MR) is 114 cm³/mol. The number of aromatic nitrogens is 2. The van der Waals surface area contributed by atoms with Crippen LogP contribution in [-0.4, -0.2) is 31.7 Å². The van der Waals surface area contributed by atoms with Gasteiger partial charge < -0.3 is 5.32 Å². The molecule has 1 aromatic heterocycles. The molecule has 0 saturated carbocycles. The van der Waals surface area contributed by atoms with Crippen molar-refractivity contribution in [2.75, 3.05) is 22.9 Å². The van der Waals surface area contributed by atoms with Crippen LogP contribution in [0.1, 0.15) is 16.8 Å². The molecule has 6 nitrogen and oxygen atoms in total. The minimum atomic E-state index is -3.31. The van der Waals surface area contributed by atoms with Crippen LogP contribution in [0.2, 0.25) is 0 Å². The number of hydrogen-bond donors (Lipinski definition) is 1. The van der Waals surface area contributed by atoms with Crippen molar-refractivity contribution < 1.29 is 8.42 Å². The van der Waals surface area contributed by atoms with E-state index in [0.29, 0.717) is 24.5 Å². The lowest BCUT2D eigenvalue weighted by atomic mass is 10.1. The van der Waals surface area contributed by atoms with Gasteiger partial charge in [0.25, 0.3) is 0 Å². The van der Waals surface area contributed by atoms with Crippen molar-refractivity contribution in [3.05, 3.63) is 77.6 Å². The molecule has 0 atom stereocenters. The molecule has 0 aliphatic rings. The normalized spacial score (nSPS) is 11.2. The summed E-state index contributed by atoms with van der Waals surface area (Å²) in [5.74, 6) is 0.546. The van der Waals surface area contributed by atoms with Crippen LogP contribution in [0.4, 0.5) is 17.3 Å². The Balaban J connectivity index is 1.74. The van der Waals surface area contributed by atoms with Crippen molar-refractivity contribution in [1.82, 2.24) is 9.97 Å². The van der Waals surface area contributed by atoms with Crippen LogP contribution in [0.15, 0.2) is 60.8 Å². The fraction of sp³-hybridized carbons (Fsp3) is 0.238. The van der Waals surface area contributed by atoms with E-state index in [-0.39, 0.29) is 0 Å². The molecule has 1 heterocycles. The highest BCUT2D eigenvalue weighted by Gasteiger charge is 2.15. The average Bonchev–Trinajstić information content (AvgIpc) is 2.66. The number of rotatable bonds is 7. The first kappa shape index (κ1) is 19.8. The van der Waals surface area contributed by atoms with E-state index in [9.17, 15) is 8.42 Å². The Morgan fingerprint density at radius 3 is 2.57 bits per heavy atom. The van der Waals surface area contributed by atoms with E-state index in [1.807, 2.05) is 61.5 Å². The van der Waals surface area contributed by atoms with Gasteiger partial charge in [-0.1, -0.05) is 30.3 Å². The Bertz CT molecular complexity index is 1070. The fourth-order valence-electron chi connectivity index (χ4n) is 2.92. The molecule has 0 fully saturated rings. The summed E-state index contributed by atoms with van der Waals surface area (Å²) < 4.78 is 25.1. The third kappa shape index (κ3) is 5.07. The number of nitrogens with one attached hydrogen (secondary N) is 1. The van der Waals surface area contributed by atoms with Gasteiger partial charge in [0.05, 0.1) is 11.9 Å². The summed E-state index contributed by atoms with van der Waals surface area (Å²) in [4.78, 5) is 8.87. The third-order valence-electron chi connectivity index (χ3n) is 4.47. The Hall–Kier alpha value is -2.93. The first-order valence-electron chi connectivity index (χ1n) is 9.00. The van der Waals surface area contributed by atoms with Gasteiger partial charge in [-0.15, -0.1) is 0 Å². The van der Waals surface area contributed by atoms with Gasteiger partial charge in [-0.2, -0.15) is 0 Å². The van der Waals surface area contributed by atoms with Gasteiger partial charge in [0.2, 0.25) is 16.0 Å². The van der Waals surface area contributed by atoms with Gasteiger partial charge in [0, 0.05) is 24.6 Å². The summed E-state index contributed by atoms with van der Waals surface area (Å²) in [5, 5.41) is 3.22. The summed E-state index contributed by atoms with van der Waals surface area (Å²) >= 11 is 0. The second-order valence-corrected chi connectivity index (χ2v) is 8.74. The van der Waals surface area contributed by atoms with Gasteiger partial charge in [-0.3, -0.25) is 4.31 Å². The highest BCUT2D eigenvalue weighted by atomic mass is 32.2. The Kier molecular flexibility index (Phi) is 5.94. The van der Waals surface area contributed by atoms with Gasteiger partial charge in [0.1, 0.15) is 0 Å². The standard InChI is InChI=1S/C21H24N4O2S/c1-16-7-6-9-19(15-16)24-21-22-14-13-18(23-21)12-11-17-8-4-5-10-20(17)25(2)28(3,26)27/h4-10,13-15H,11-12H2,1-3H3,(H,22,23,24). The molecule has 0 aliphatic carbocycles. The molecule has 2 aromatic carbocycles. The smallest absolute Gasteiger partial charge is 0.232 e. The van der Waals surface area contributed by atoms with Crippen LogP contribution < -0.4 is 9.62 Å². The van der Waals surface area contributed by atoms with E-state index in [1.54, 1.807) is 13.2 Å². The maximum Gasteiger partial charge on any atom is 0.232 e. The molecule has 3 rings (SSSR count). The van der Waals surface area contributed by atoms with Crippen LogP contribution in [0.25, 0.3) is 0 Å². The molecule has 0 saturated heterocycles. The van der Waals surface area contributed by atoms with Crippen LogP contribution in [0, 0.1) is 6.92 Å². The first-order chi connectivity index (χ1) is 13.3. The number of para-hydroxylation sites is 1. The number of anilines is 3. The zero-order chi connectivity index (χ0) is 20.1. The summed E-state index contributed by atoms with van der Waals surface area (Å²) in [5.41, 5.74) is 4.64. The zero-order valence-corrected chi connectivity index (χ0v) is 17.1. The van der Waals surface area contributed by atoms with E-state index < -0.39 is 10.0 Å². The van der Waals surface area contributed by atoms with Crippen molar-refractivity contribution in [3.63, 3.8) is 0 Å². The van der Waals surface area contributed by atoms with E-state index in [4.69, 9.17) is 0 Å². The quantitative estimate of drug-likeness (QED) is 0.659. The van der Waals surface area contributed by atoms with E-state index in [0.717, 1.165) is 22.5 Å². The second-order valence-electron chi connectivity index (χ2n) is 6.73. The third-order valence-corrected chi connectivity index (χ3v) is 5.66. The molecule has 0 amide bonds. The summed E-state index contributed by atoms with van der Waals surface area (Å²) in [6, 6.07) is 17.4. The molecule has 3 aromatic rings. The highest BCUT2D eigenvalue weighted by Crippen LogP contribution is 2.23. The SMILES string of the molecule is Cc1cccc(Nc2nccc(CCc3ccccc3N(C)S(C)(=O)=O)n2)c1. The van der Waals surface area contributed by atoms with Crippen LogP contribution >= 0.6 is 0 Å². The zero-order valence-electron chi connectivity index (χ0n) is 16.3. The monoisotopic (exact) mass is 396 g/mol. The Morgan fingerprint density at radius 1 is 1.04 bits per heavy atom. The topological polar surface area (TPSA) is 75.2 Å². The molecule has 0 unspecified atom stereocenters. The van der Waals surface area contributed by atoms with Crippen molar-refractivity contribution in [2.24, 2.45) is 0 Å². The lowest BCUT2D eigenvalue weighted by Gasteiger charge is -2.20. The van der Waals surface area contributed by atoms with Crippen molar-refractivity contribution >= 4 is 27.3 Å². The van der Waals surface area contributed by atoms with E-state index >= 15 is 0 Å². The fourth-order valence-corrected chi connectivity index (χ4v) is 3.45. The second kappa shape index (κ2) is 8.39. The van der Waals surface area contributed by atoms with Gasteiger partial charge >= 0.3 is 0 Å². The molecular weight excluding hydrogens is 372 g/mol. The number of sulfonamides is 1. The summed E-state index contributed by atoms with van der Waals surface area (Å²) in [7, 11) is -1.74. The maximum atomic E-state index is 11.9. The van der Waals surface area contributed by atoms with Crippen molar-refractivity contribution in [3.8, 4) is 0 Å². The van der Waals surface area contributed by atoms with Crippen molar-refractivity contribution in [2.45, 2.75) is 19.8 Å². The molecular formula is C21H24N4O2S. The predicted octanol–water partition coefficient (Wildman–Crippen LogP) is 3.71. The van der Waals surface area contributed by atoms with Crippen LogP contribution in [0.3, 0.4) is 0 Å². The van der Waals surface area contributed by atoms with E-state index in [2.05, 4.69) is 15.3 Å². The maximum absolute atomic E-state index is 11.9. The minimum Gasteiger partial charge on any atom is -0.324 e. The summed E-state index contributed by atoms with van der Waals surface area (Å²) in [6.45, 7) is 2.04. The molecule has 0 bridgehead atoms. The Morgan fingerprint density at radius 2 is 1.82 bits per heavy atom. The molecule has 0 aliphatic heterocycles. The van der Waals surface area contributed by atoms with Gasteiger partial charge in [0.15, 0.2) is 0 Å². The number of benzene rings is 2.